The fourth-order valence-corrected chi connectivity index (χ4v) is 2.99. The van der Waals surface area contributed by atoms with Crippen LogP contribution in [0.1, 0.15) is 39.2 Å². The highest BCUT2D eigenvalue weighted by molar-refractivity contribution is 5.41. The molecule has 1 heterocycles. The predicted octanol–water partition coefficient (Wildman–Crippen LogP) is 3.08. The molecule has 0 amide bonds. The van der Waals surface area contributed by atoms with Gasteiger partial charge in [-0.15, -0.1) is 0 Å². The lowest BCUT2D eigenvalue weighted by Crippen LogP contribution is -2.36. The molecule has 1 aliphatic rings. The summed E-state index contributed by atoms with van der Waals surface area (Å²) in [5.74, 6) is 2.18. The lowest BCUT2D eigenvalue weighted by Gasteiger charge is -2.33. The van der Waals surface area contributed by atoms with E-state index in [1.54, 1.807) is 7.11 Å². The van der Waals surface area contributed by atoms with Gasteiger partial charge in [0.2, 0.25) is 0 Å². The number of hydrogen-bond acceptors (Lipinski definition) is 4. The van der Waals surface area contributed by atoms with Gasteiger partial charge in [-0.1, -0.05) is 6.07 Å². The summed E-state index contributed by atoms with van der Waals surface area (Å²) in [7, 11) is 1.68. The third kappa shape index (κ3) is 4.62. The maximum absolute atomic E-state index is 9.70. The van der Waals surface area contributed by atoms with Crippen LogP contribution in [0.3, 0.4) is 0 Å². The van der Waals surface area contributed by atoms with Crippen molar-refractivity contribution < 1.29 is 14.6 Å². The second-order valence-corrected chi connectivity index (χ2v) is 6.49. The van der Waals surface area contributed by atoms with Gasteiger partial charge in [0, 0.05) is 18.2 Å². The lowest BCUT2D eigenvalue weighted by atomic mass is 9.92. The first-order valence-electron chi connectivity index (χ1n) is 8.23. The van der Waals surface area contributed by atoms with Gasteiger partial charge in [-0.3, -0.25) is 4.90 Å². The first kappa shape index (κ1) is 17.1. The van der Waals surface area contributed by atoms with Crippen LogP contribution in [-0.4, -0.2) is 42.4 Å². The number of likely N-dealkylation sites (tertiary alicyclic amines) is 1. The monoisotopic (exact) mass is 307 g/mol. The Balaban J connectivity index is 2.03. The minimum atomic E-state index is -0.192. The number of hydrogen-bond donors (Lipinski definition) is 1. The molecule has 0 radical (unpaired) electrons. The smallest absolute Gasteiger partial charge is 0.127 e. The topological polar surface area (TPSA) is 41.9 Å². The average Bonchev–Trinajstić information content (AvgIpc) is 2.49. The van der Waals surface area contributed by atoms with Crippen LogP contribution in [0.5, 0.6) is 11.5 Å². The summed E-state index contributed by atoms with van der Waals surface area (Å²) < 4.78 is 11.2. The summed E-state index contributed by atoms with van der Waals surface area (Å²) >= 11 is 0. The third-order valence-electron chi connectivity index (χ3n) is 4.35. The van der Waals surface area contributed by atoms with Gasteiger partial charge in [0.25, 0.3) is 0 Å². The van der Waals surface area contributed by atoms with E-state index in [0.29, 0.717) is 5.92 Å². The molecule has 1 aromatic rings. The Labute approximate surface area is 134 Å². The molecule has 0 aliphatic carbocycles. The molecule has 1 aliphatic heterocycles. The van der Waals surface area contributed by atoms with Crippen molar-refractivity contribution in [2.75, 3.05) is 20.2 Å². The summed E-state index contributed by atoms with van der Waals surface area (Å²) in [6.07, 6.45) is 2.08. The molecular weight excluding hydrogens is 278 g/mol. The van der Waals surface area contributed by atoms with Gasteiger partial charge in [-0.05, 0) is 58.7 Å². The van der Waals surface area contributed by atoms with Crippen molar-refractivity contribution >= 4 is 0 Å². The first-order chi connectivity index (χ1) is 10.5. The Morgan fingerprint density at radius 2 is 1.91 bits per heavy atom. The molecule has 1 N–H and O–H groups in total. The number of rotatable bonds is 6. The fraction of sp³-hybridized carbons (Fsp3) is 0.667. The summed E-state index contributed by atoms with van der Waals surface area (Å²) in [6.45, 7) is 8.93. The number of aliphatic hydroxyl groups is 1. The zero-order valence-corrected chi connectivity index (χ0v) is 14.2. The van der Waals surface area contributed by atoms with E-state index >= 15 is 0 Å². The highest BCUT2D eigenvalue weighted by Crippen LogP contribution is 2.29. The zero-order valence-electron chi connectivity index (χ0n) is 14.2. The molecule has 0 saturated carbocycles. The second-order valence-electron chi connectivity index (χ2n) is 6.49. The van der Waals surface area contributed by atoms with Gasteiger partial charge in [-0.25, -0.2) is 0 Å². The van der Waals surface area contributed by atoms with Crippen molar-refractivity contribution in [1.29, 1.82) is 0 Å². The van der Waals surface area contributed by atoms with Gasteiger partial charge in [0.05, 0.1) is 19.3 Å². The number of benzene rings is 1. The molecule has 1 fully saturated rings. The number of aliphatic hydroxyl groups excluding tert-OH is 1. The van der Waals surface area contributed by atoms with Gasteiger partial charge >= 0.3 is 0 Å². The summed E-state index contributed by atoms with van der Waals surface area (Å²) in [5.41, 5.74) is 1.20. The molecule has 1 atom stereocenters. The van der Waals surface area contributed by atoms with E-state index in [0.717, 1.165) is 44.0 Å². The molecule has 0 bridgehead atoms. The molecule has 0 spiro atoms. The van der Waals surface area contributed by atoms with Crippen molar-refractivity contribution in [2.45, 2.75) is 52.4 Å². The lowest BCUT2D eigenvalue weighted by molar-refractivity contribution is 0.0690. The maximum atomic E-state index is 9.70. The summed E-state index contributed by atoms with van der Waals surface area (Å²) in [5, 5.41) is 9.70. The van der Waals surface area contributed by atoms with Crippen molar-refractivity contribution in [2.24, 2.45) is 5.92 Å². The highest BCUT2D eigenvalue weighted by atomic mass is 16.5. The quantitative estimate of drug-likeness (QED) is 0.877. The fourth-order valence-electron chi connectivity index (χ4n) is 2.99. The SMILES string of the molecule is COc1ccc(CN2CCC(C(C)O)CC2)c(OC(C)C)c1. The Hall–Kier alpha value is -1.26. The van der Waals surface area contributed by atoms with Gasteiger partial charge in [-0.2, -0.15) is 0 Å². The van der Waals surface area contributed by atoms with Crippen LogP contribution < -0.4 is 9.47 Å². The van der Waals surface area contributed by atoms with E-state index in [1.807, 2.05) is 32.9 Å². The molecule has 1 saturated heterocycles. The Kier molecular flexibility index (Phi) is 6.09. The largest absolute Gasteiger partial charge is 0.497 e. The first-order valence-corrected chi connectivity index (χ1v) is 8.23. The number of piperidine rings is 1. The minimum Gasteiger partial charge on any atom is -0.497 e. The van der Waals surface area contributed by atoms with Gasteiger partial charge in [0.15, 0.2) is 0 Å². The van der Waals surface area contributed by atoms with Crippen LogP contribution >= 0.6 is 0 Å². The summed E-state index contributed by atoms with van der Waals surface area (Å²) in [6, 6.07) is 6.06. The summed E-state index contributed by atoms with van der Waals surface area (Å²) in [4.78, 5) is 2.44. The number of ether oxygens (including phenoxy) is 2. The van der Waals surface area contributed by atoms with E-state index in [2.05, 4.69) is 11.0 Å². The molecule has 0 aromatic heterocycles. The minimum absolute atomic E-state index is 0.145. The van der Waals surface area contributed by atoms with Crippen LogP contribution in [0.4, 0.5) is 0 Å². The van der Waals surface area contributed by atoms with E-state index < -0.39 is 0 Å². The third-order valence-corrected chi connectivity index (χ3v) is 4.35. The number of methoxy groups -OCH3 is 1. The Morgan fingerprint density at radius 1 is 1.23 bits per heavy atom. The standard InChI is InChI=1S/C18H29NO3/c1-13(2)22-18-11-17(21-4)6-5-16(18)12-19-9-7-15(8-10-19)14(3)20/h5-6,11,13-15,20H,7-10,12H2,1-4H3. The Morgan fingerprint density at radius 3 is 2.45 bits per heavy atom. The molecule has 22 heavy (non-hydrogen) atoms. The van der Waals surface area contributed by atoms with E-state index in [-0.39, 0.29) is 12.2 Å². The van der Waals surface area contributed by atoms with Crippen LogP contribution in [0.15, 0.2) is 18.2 Å². The molecular formula is C18H29NO3. The molecule has 124 valence electrons. The van der Waals surface area contributed by atoms with E-state index in [1.165, 1.54) is 5.56 Å². The van der Waals surface area contributed by atoms with Crippen molar-refractivity contribution in [3.8, 4) is 11.5 Å². The van der Waals surface area contributed by atoms with Crippen LogP contribution in [0, 0.1) is 5.92 Å². The highest BCUT2D eigenvalue weighted by Gasteiger charge is 2.23. The predicted molar refractivity (Wildman–Crippen MR) is 88.4 cm³/mol. The Bertz CT molecular complexity index is 465. The van der Waals surface area contributed by atoms with Crippen molar-refractivity contribution in [3.63, 3.8) is 0 Å². The van der Waals surface area contributed by atoms with E-state index in [9.17, 15) is 5.11 Å². The molecule has 4 nitrogen and oxygen atoms in total. The normalized spacial score (nSPS) is 18.5. The second kappa shape index (κ2) is 7.84. The van der Waals surface area contributed by atoms with Gasteiger partial charge in [0.1, 0.15) is 11.5 Å². The van der Waals surface area contributed by atoms with Crippen LogP contribution in [-0.2, 0) is 6.54 Å². The maximum Gasteiger partial charge on any atom is 0.127 e. The van der Waals surface area contributed by atoms with Crippen molar-refractivity contribution in [1.82, 2.24) is 4.90 Å². The number of nitrogens with zero attached hydrogens (tertiary/aromatic N) is 1. The molecule has 2 rings (SSSR count). The van der Waals surface area contributed by atoms with E-state index in [4.69, 9.17) is 9.47 Å². The van der Waals surface area contributed by atoms with Crippen LogP contribution in [0.2, 0.25) is 0 Å². The van der Waals surface area contributed by atoms with Crippen molar-refractivity contribution in [3.05, 3.63) is 23.8 Å². The molecule has 4 heteroatoms. The zero-order chi connectivity index (χ0) is 16.1. The molecule has 1 aromatic carbocycles. The van der Waals surface area contributed by atoms with Gasteiger partial charge < -0.3 is 14.6 Å². The molecule has 1 unspecified atom stereocenters. The average molecular weight is 307 g/mol. The van der Waals surface area contributed by atoms with Crippen LogP contribution in [0.25, 0.3) is 0 Å².